The molecule has 0 saturated heterocycles. The molecule has 0 fully saturated rings. The SMILES string of the molecule is COc1ccccc1-c1nc2cc(C)ccn2c1NC(=O)C(Cl)Cl. The number of ether oxygens (including phenoxy) is 1. The predicted molar refractivity (Wildman–Crippen MR) is 96.0 cm³/mol. The van der Waals surface area contributed by atoms with Crippen molar-refractivity contribution in [1.82, 2.24) is 9.38 Å². The second-order valence-corrected chi connectivity index (χ2v) is 6.33. The van der Waals surface area contributed by atoms with E-state index in [0.717, 1.165) is 11.1 Å². The molecule has 0 spiro atoms. The van der Waals surface area contributed by atoms with E-state index in [9.17, 15) is 4.79 Å². The molecule has 3 aromatic rings. The van der Waals surface area contributed by atoms with Gasteiger partial charge in [0, 0.05) is 11.8 Å². The number of anilines is 1. The number of nitrogens with one attached hydrogen (secondary N) is 1. The number of hydrogen-bond donors (Lipinski definition) is 1. The van der Waals surface area contributed by atoms with Gasteiger partial charge in [0.25, 0.3) is 5.91 Å². The number of carbonyl (C=O) groups excluding carboxylic acids is 1. The third kappa shape index (κ3) is 3.05. The Morgan fingerprint density at radius 3 is 2.75 bits per heavy atom. The van der Waals surface area contributed by atoms with Crippen LogP contribution < -0.4 is 10.1 Å². The lowest BCUT2D eigenvalue weighted by Gasteiger charge is -2.10. The summed E-state index contributed by atoms with van der Waals surface area (Å²) in [5.74, 6) is 0.629. The van der Waals surface area contributed by atoms with Gasteiger partial charge in [-0.1, -0.05) is 35.3 Å². The number of aryl methyl sites for hydroxylation is 1. The van der Waals surface area contributed by atoms with E-state index in [1.807, 2.05) is 49.5 Å². The Kier molecular flexibility index (Phi) is 4.64. The Morgan fingerprint density at radius 1 is 1.29 bits per heavy atom. The van der Waals surface area contributed by atoms with Crippen LogP contribution in [0, 0.1) is 6.92 Å². The molecule has 2 heterocycles. The van der Waals surface area contributed by atoms with Crippen LogP contribution >= 0.6 is 23.2 Å². The van der Waals surface area contributed by atoms with Crippen LogP contribution in [0.2, 0.25) is 0 Å². The fourth-order valence-corrected chi connectivity index (χ4v) is 2.57. The molecular weight excluding hydrogens is 349 g/mol. The number of benzene rings is 1. The maximum atomic E-state index is 12.0. The number of pyridine rings is 1. The number of fused-ring (bicyclic) bond motifs is 1. The number of para-hydroxylation sites is 1. The summed E-state index contributed by atoms with van der Waals surface area (Å²) in [6, 6.07) is 11.3. The molecular formula is C17H15Cl2N3O2. The van der Waals surface area contributed by atoms with Gasteiger partial charge < -0.3 is 10.1 Å². The van der Waals surface area contributed by atoms with Crippen molar-refractivity contribution >= 4 is 40.6 Å². The minimum absolute atomic E-state index is 0.491. The first kappa shape index (κ1) is 16.6. The Hall–Kier alpha value is -2.24. The standard InChI is InChI=1S/C17H15Cl2N3O2/c1-10-7-8-22-13(9-10)20-14(16(22)21-17(23)15(18)19)11-5-3-4-6-12(11)24-2/h3-9,15H,1-2H3,(H,21,23). The molecule has 0 aliphatic rings. The Labute approximate surface area is 149 Å². The monoisotopic (exact) mass is 363 g/mol. The molecule has 0 radical (unpaired) electrons. The zero-order valence-electron chi connectivity index (χ0n) is 13.1. The number of nitrogens with zero attached hydrogens (tertiary/aromatic N) is 2. The average molecular weight is 364 g/mol. The zero-order chi connectivity index (χ0) is 17.3. The van der Waals surface area contributed by atoms with E-state index in [1.165, 1.54) is 0 Å². The van der Waals surface area contributed by atoms with Gasteiger partial charge in [-0.2, -0.15) is 0 Å². The fourth-order valence-electron chi connectivity index (χ4n) is 2.47. The van der Waals surface area contributed by atoms with Crippen LogP contribution in [0.15, 0.2) is 42.6 Å². The first-order valence-electron chi connectivity index (χ1n) is 7.22. The molecule has 0 atom stereocenters. The second kappa shape index (κ2) is 6.71. The highest BCUT2D eigenvalue weighted by Gasteiger charge is 2.21. The molecule has 0 aliphatic heterocycles. The third-order valence-corrected chi connectivity index (χ3v) is 3.98. The molecule has 1 N–H and O–H groups in total. The number of aromatic nitrogens is 2. The van der Waals surface area contributed by atoms with E-state index < -0.39 is 10.7 Å². The van der Waals surface area contributed by atoms with Gasteiger partial charge in [0.05, 0.1) is 7.11 Å². The van der Waals surface area contributed by atoms with Crippen LogP contribution in [0.4, 0.5) is 5.82 Å². The summed E-state index contributed by atoms with van der Waals surface area (Å²) in [7, 11) is 1.59. The summed E-state index contributed by atoms with van der Waals surface area (Å²) < 4.78 is 7.19. The number of imidazole rings is 1. The van der Waals surface area contributed by atoms with Gasteiger partial charge in [0.15, 0.2) is 4.84 Å². The van der Waals surface area contributed by atoms with Gasteiger partial charge in [-0.25, -0.2) is 4.98 Å². The van der Waals surface area contributed by atoms with E-state index in [2.05, 4.69) is 10.3 Å². The third-order valence-electron chi connectivity index (χ3n) is 3.58. The molecule has 5 nitrogen and oxygen atoms in total. The number of hydrogen-bond acceptors (Lipinski definition) is 3. The maximum absolute atomic E-state index is 12.0. The smallest absolute Gasteiger partial charge is 0.258 e. The molecule has 0 aliphatic carbocycles. The van der Waals surface area contributed by atoms with Crippen LogP contribution in [-0.4, -0.2) is 27.2 Å². The summed E-state index contributed by atoms with van der Waals surface area (Å²) >= 11 is 11.4. The lowest BCUT2D eigenvalue weighted by atomic mass is 10.1. The van der Waals surface area contributed by atoms with Gasteiger partial charge in [-0.15, -0.1) is 0 Å². The zero-order valence-corrected chi connectivity index (χ0v) is 14.6. The maximum Gasteiger partial charge on any atom is 0.258 e. The molecule has 2 aromatic heterocycles. The van der Waals surface area contributed by atoms with Crippen molar-refractivity contribution in [2.75, 3.05) is 12.4 Å². The van der Waals surface area contributed by atoms with E-state index in [0.29, 0.717) is 22.9 Å². The minimum Gasteiger partial charge on any atom is -0.496 e. The highest BCUT2D eigenvalue weighted by atomic mass is 35.5. The topological polar surface area (TPSA) is 55.6 Å². The van der Waals surface area contributed by atoms with E-state index in [1.54, 1.807) is 11.5 Å². The molecule has 0 unspecified atom stereocenters. The van der Waals surface area contributed by atoms with Gasteiger partial charge in [0.1, 0.15) is 22.9 Å². The lowest BCUT2D eigenvalue weighted by Crippen LogP contribution is -2.20. The highest BCUT2D eigenvalue weighted by Crippen LogP contribution is 2.35. The fraction of sp³-hybridized carbons (Fsp3) is 0.176. The number of carbonyl (C=O) groups is 1. The average Bonchev–Trinajstić information content (AvgIpc) is 2.92. The molecule has 124 valence electrons. The summed E-state index contributed by atoms with van der Waals surface area (Å²) in [6.07, 6.45) is 1.84. The van der Waals surface area contributed by atoms with Gasteiger partial charge in [-0.3, -0.25) is 9.20 Å². The molecule has 0 saturated carbocycles. The molecule has 1 aromatic carbocycles. The molecule has 0 bridgehead atoms. The van der Waals surface area contributed by atoms with Crippen molar-refractivity contribution < 1.29 is 9.53 Å². The van der Waals surface area contributed by atoms with Crippen molar-refractivity contribution in [2.24, 2.45) is 0 Å². The molecule has 24 heavy (non-hydrogen) atoms. The molecule has 3 rings (SSSR count). The number of methoxy groups -OCH3 is 1. The van der Waals surface area contributed by atoms with E-state index in [-0.39, 0.29) is 0 Å². The first-order chi connectivity index (χ1) is 11.5. The Balaban J connectivity index is 2.24. The van der Waals surface area contributed by atoms with Crippen LogP contribution in [0.3, 0.4) is 0 Å². The summed E-state index contributed by atoms with van der Waals surface area (Å²) in [6.45, 7) is 1.98. The van der Waals surface area contributed by atoms with Crippen LogP contribution in [0.25, 0.3) is 16.9 Å². The quantitative estimate of drug-likeness (QED) is 0.711. The predicted octanol–water partition coefficient (Wildman–Crippen LogP) is 4.06. The minimum atomic E-state index is -1.17. The van der Waals surface area contributed by atoms with Crippen LogP contribution in [-0.2, 0) is 4.79 Å². The Bertz CT molecular complexity index is 906. The number of halogens is 2. The van der Waals surface area contributed by atoms with Crippen molar-refractivity contribution in [2.45, 2.75) is 11.8 Å². The van der Waals surface area contributed by atoms with Crippen LogP contribution in [0.5, 0.6) is 5.75 Å². The summed E-state index contributed by atoms with van der Waals surface area (Å²) in [4.78, 5) is 15.5. The summed E-state index contributed by atoms with van der Waals surface area (Å²) in [5, 5.41) is 2.74. The molecule has 1 amide bonds. The number of rotatable bonds is 4. The van der Waals surface area contributed by atoms with Crippen molar-refractivity contribution in [3.63, 3.8) is 0 Å². The normalized spacial score (nSPS) is 11.0. The first-order valence-corrected chi connectivity index (χ1v) is 8.09. The Morgan fingerprint density at radius 2 is 2.04 bits per heavy atom. The number of amides is 1. The second-order valence-electron chi connectivity index (χ2n) is 5.23. The lowest BCUT2D eigenvalue weighted by molar-refractivity contribution is -0.114. The van der Waals surface area contributed by atoms with Crippen molar-refractivity contribution in [1.29, 1.82) is 0 Å². The highest BCUT2D eigenvalue weighted by molar-refractivity contribution is 6.54. The van der Waals surface area contributed by atoms with Crippen LogP contribution in [0.1, 0.15) is 5.56 Å². The van der Waals surface area contributed by atoms with Gasteiger partial charge in [0.2, 0.25) is 0 Å². The molecule has 7 heteroatoms. The largest absolute Gasteiger partial charge is 0.496 e. The van der Waals surface area contributed by atoms with Crippen molar-refractivity contribution in [3.8, 4) is 17.0 Å². The van der Waals surface area contributed by atoms with Gasteiger partial charge >= 0.3 is 0 Å². The number of alkyl halides is 2. The van der Waals surface area contributed by atoms with E-state index in [4.69, 9.17) is 27.9 Å². The van der Waals surface area contributed by atoms with E-state index >= 15 is 0 Å². The summed E-state index contributed by atoms with van der Waals surface area (Å²) in [5.41, 5.74) is 3.11. The van der Waals surface area contributed by atoms with Gasteiger partial charge in [-0.05, 0) is 36.8 Å². The van der Waals surface area contributed by atoms with Crippen molar-refractivity contribution in [3.05, 3.63) is 48.2 Å².